The summed E-state index contributed by atoms with van der Waals surface area (Å²) in [4.78, 5) is 23.8. The van der Waals surface area contributed by atoms with E-state index in [1.807, 2.05) is 0 Å². The molecule has 212 valence electrons. The molecule has 0 aliphatic rings. The van der Waals surface area contributed by atoms with Gasteiger partial charge in [-0.2, -0.15) is 26.3 Å². The minimum absolute atomic E-state index is 0.0554. The first kappa shape index (κ1) is 32.6. The lowest BCUT2D eigenvalue weighted by molar-refractivity contribution is -0.154. The van der Waals surface area contributed by atoms with E-state index in [9.17, 15) is 35.9 Å². The van der Waals surface area contributed by atoms with E-state index < -0.39 is 31.5 Å². The Bertz CT molecular complexity index is 1080. The van der Waals surface area contributed by atoms with Gasteiger partial charge in [0, 0.05) is 14.1 Å². The molecule has 2 aromatic rings. The van der Waals surface area contributed by atoms with E-state index in [1.165, 1.54) is 29.2 Å². The van der Waals surface area contributed by atoms with E-state index in [4.69, 9.17) is 9.84 Å². The van der Waals surface area contributed by atoms with Crippen molar-refractivity contribution in [1.29, 1.82) is 0 Å². The molecule has 1 N–H and O–H groups in total. The van der Waals surface area contributed by atoms with Crippen molar-refractivity contribution in [2.45, 2.75) is 52.9 Å². The lowest BCUT2D eigenvalue weighted by Gasteiger charge is -2.16. The van der Waals surface area contributed by atoms with Gasteiger partial charge in [-0.1, -0.05) is 0 Å². The zero-order valence-corrected chi connectivity index (χ0v) is 21.9. The molecular weight excluding hydrogens is 520 g/mol. The average Bonchev–Trinajstić information content (AvgIpc) is 2.75. The highest BCUT2D eigenvalue weighted by molar-refractivity contribution is 5.79. The fourth-order valence-electron chi connectivity index (χ4n) is 3.42. The summed E-state index contributed by atoms with van der Waals surface area (Å²) < 4.78 is 81.6. The number of benzene rings is 2. The van der Waals surface area contributed by atoms with E-state index in [1.54, 1.807) is 41.8 Å². The second-order valence-corrected chi connectivity index (χ2v) is 8.91. The molecule has 0 radical (unpaired) electrons. The summed E-state index contributed by atoms with van der Waals surface area (Å²) in [5.41, 5.74) is 4.13. The van der Waals surface area contributed by atoms with Gasteiger partial charge >= 0.3 is 18.3 Å². The Balaban J connectivity index is 0.000000382. The Morgan fingerprint density at radius 2 is 1.03 bits per heavy atom. The quantitative estimate of drug-likeness (QED) is 0.423. The summed E-state index contributed by atoms with van der Waals surface area (Å²) in [6, 6.07) is 5.88. The maximum Gasteiger partial charge on any atom is 0.422 e. The molecule has 0 saturated carbocycles. The van der Waals surface area contributed by atoms with Crippen LogP contribution in [0.1, 0.15) is 33.4 Å². The number of alkyl halides is 6. The lowest BCUT2D eigenvalue weighted by Crippen LogP contribution is -2.24. The molecule has 0 aliphatic carbocycles. The first-order chi connectivity index (χ1) is 17.3. The highest BCUT2D eigenvalue weighted by Crippen LogP contribution is 2.26. The zero-order valence-electron chi connectivity index (χ0n) is 21.9. The number of carbonyl (C=O) groups excluding carboxylic acids is 1. The van der Waals surface area contributed by atoms with E-state index in [0.717, 1.165) is 16.7 Å². The minimum atomic E-state index is -4.39. The molecule has 0 saturated heterocycles. The molecule has 0 aliphatic heterocycles. The predicted molar refractivity (Wildman–Crippen MR) is 129 cm³/mol. The largest absolute Gasteiger partial charge is 0.484 e. The van der Waals surface area contributed by atoms with E-state index in [2.05, 4.69) is 4.74 Å². The maximum absolute atomic E-state index is 12.1. The molecule has 38 heavy (non-hydrogen) atoms. The van der Waals surface area contributed by atoms with E-state index >= 15 is 0 Å². The number of carboxylic acid groups (broad SMARTS) is 1. The van der Waals surface area contributed by atoms with Gasteiger partial charge in [0.1, 0.15) is 11.5 Å². The average molecular weight is 552 g/mol. The number of rotatable bonds is 8. The molecule has 1 amide bonds. The number of ether oxygens (including phenoxy) is 2. The Labute approximate surface area is 217 Å². The number of likely N-dealkylation sites (N-methyl/N-ethyl adjacent to an activating group) is 1. The molecular formula is C26H31F6NO5. The van der Waals surface area contributed by atoms with Crippen LogP contribution in [-0.4, -0.2) is 61.5 Å². The Hall–Kier alpha value is -3.44. The van der Waals surface area contributed by atoms with Gasteiger partial charge in [-0.15, -0.1) is 0 Å². The molecule has 6 nitrogen and oxygen atoms in total. The summed E-state index contributed by atoms with van der Waals surface area (Å²) in [7, 11) is 3.32. The number of carbonyl (C=O) groups is 2. The second-order valence-electron chi connectivity index (χ2n) is 8.91. The lowest BCUT2D eigenvalue weighted by atomic mass is 9.99. The molecule has 0 unspecified atom stereocenters. The summed E-state index contributed by atoms with van der Waals surface area (Å²) in [6.45, 7) is 4.13. The summed E-state index contributed by atoms with van der Waals surface area (Å²) in [5, 5.41) is 8.72. The van der Waals surface area contributed by atoms with Crippen molar-refractivity contribution in [3.63, 3.8) is 0 Å². The number of aryl methyl sites for hydroxylation is 4. The van der Waals surface area contributed by atoms with E-state index in [0.29, 0.717) is 16.7 Å². The molecule has 0 heterocycles. The Kier molecular flexibility index (Phi) is 11.5. The van der Waals surface area contributed by atoms with Gasteiger partial charge in [-0.3, -0.25) is 9.59 Å². The van der Waals surface area contributed by atoms with E-state index in [-0.39, 0.29) is 30.2 Å². The summed E-state index contributed by atoms with van der Waals surface area (Å²) >= 11 is 0. The van der Waals surface area contributed by atoms with Crippen molar-refractivity contribution >= 4 is 11.9 Å². The first-order valence-electron chi connectivity index (χ1n) is 11.3. The third-order valence-corrected chi connectivity index (χ3v) is 5.30. The Morgan fingerprint density at radius 3 is 1.29 bits per heavy atom. The fourth-order valence-corrected chi connectivity index (χ4v) is 3.42. The normalized spacial score (nSPS) is 11.4. The molecule has 0 aromatic heterocycles. The second kappa shape index (κ2) is 13.4. The van der Waals surface area contributed by atoms with Gasteiger partial charge in [0.2, 0.25) is 5.91 Å². The topological polar surface area (TPSA) is 76.1 Å². The molecule has 12 heteroatoms. The van der Waals surface area contributed by atoms with Crippen LogP contribution in [-0.2, 0) is 22.4 Å². The standard InChI is InChI=1S/C14H18F3NO2.C12H13F3O3/c1-9-5-11(20-8-14(15,16)17)6-10(2)12(9)7-13(19)18(3)4;1-7-3-9(18-6-12(13,14)15)4-8(2)10(7)5-11(16)17/h5-6H,7-8H2,1-4H3;3-4H,5-6H2,1-2H3,(H,16,17). The van der Waals surface area contributed by atoms with Crippen LogP contribution in [0.3, 0.4) is 0 Å². The van der Waals surface area contributed by atoms with Gasteiger partial charge < -0.3 is 19.5 Å². The van der Waals surface area contributed by atoms with Crippen molar-refractivity contribution in [2.75, 3.05) is 27.3 Å². The third-order valence-electron chi connectivity index (χ3n) is 5.30. The SMILES string of the molecule is Cc1cc(OCC(F)(F)F)cc(C)c1CC(=O)N(C)C.Cc1cc(OCC(F)(F)F)cc(C)c1CC(=O)O. The van der Waals surface area contributed by atoms with Crippen LogP contribution in [0.25, 0.3) is 0 Å². The number of amides is 1. The minimum Gasteiger partial charge on any atom is -0.484 e. The van der Waals surface area contributed by atoms with Crippen molar-refractivity contribution < 1.29 is 50.5 Å². The summed E-state index contributed by atoms with van der Waals surface area (Å²) in [5.74, 6) is -0.778. The van der Waals surface area contributed by atoms with Crippen LogP contribution in [0, 0.1) is 27.7 Å². The number of nitrogens with zero attached hydrogens (tertiary/aromatic N) is 1. The smallest absolute Gasteiger partial charge is 0.422 e. The predicted octanol–water partition coefficient (Wildman–Crippen LogP) is 5.75. The number of hydrogen-bond donors (Lipinski definition) is 1. The van der Waals surface area contributed by atoms with Crippen LogP contribution in [0.5, 0.6) is 11.5 Å². The van der Waals surface area contributed by atoms with Gasteiger partial charge in [0.05, 0.1) is 12.8 Å². The maximum atomic E-state index is 12.1. The summed E-state index contributed by atoms with van der Waals surface area (Å²) in [6.07, 6.45) is -8.68. The molecule has 2 rings (SSSR count). The van der Waals surface area contributed by atoms with Crippen molar-refractivity contribution in [1.82, 2.24) is 4.90 Å². The van der Waals surface area contributed by atoms with Crippen LogP contribution < -0.4 is 9.47 Å². The highest BCUT2D eigenvalue weighted by Gasteiger charge is 2.29. The molecule has 0 atom stereocenters. The molecule has 0 spiro atoms. The number of aliphatic carboxylic acids is 1. The highest BCUT2D eigenvalue weighted by atomic mass is 19.4. The Morgan fingerprint density at radius 1 is 0.711 bits per heavy atom. The van der Waals surface area contributed by atoms with Crippen molar-refractivity contribution in [2.24, 2.45) is 0 Å². The van der Waals surface area contributed by atoms with Gasteiger partial charge in [-0.25, -0.2) is 0 Å². The number of carboxylic acids is 1. The van der Waals surface area contributed by atoms with Crippen LogP contribution in [0.2, 0.25) is 0 Å². The number of hydrogen-bond acceptors (Lipinski definition) is 4. The van der Waals surface area contributed by atoms with Gasteiger partial charge in [0.15, 0.2) is 13.2 Å². The molecule has 2 aromatic carbocycles. The van der Waals surface area contributed by atoms with Crippen LogP contribution >= 0.6 is 0 Å². The zero-order chi connectivity index (χ0) is 29.4. The van der Waals surface area contributed by atoms with Gasteiger partial charge in [-0.05, 0) is 85.3 Å². The number of halogens is 6. The monoisotopic (exact) mass is 551 g/mol. The third kappa shape index (κ3) is 11.7. The molecule has 0 bridgehead atoms. The van der Waals surface area contributed by atoms with Crippen molar-refractivity contribution in [3.8, 4) is 11.5 Å². The van der Waals surface area contributed by atoms with Gasteiger partial charge in [0.25, 0.3) is 0 Å². The van der Waals surface area contributed by atoms with Crippen molar-refractivity contribution in [3.05, 3.63) is 57.6 Å². The van der Waals surface area contributed by atoms with Crippen LogP contribution in [0.15, 0.2) is 24.3 Å². The van der Waals surface area contributed by atoms with Crippen LogP contribution in [0.4, 0.5) is 26.3 Å². The first-order valence-corrected chi connectivity index (χ1v) is 11.3. The fraction of sp³-hybridized carbons (Fsp3) is 0.462. The molecule has 0 fully saturated rings.